The maximum absolute atomic E-state index is 13.1. The van der Waals surface area contributed by atoms with Gasteiger partial charge in [0.15, 0.2) is 0 Å². The Kier molecular flexibility index (Phi) is 6.46. The Labute approximate surface area is 194 Å². The molecule has 0 radical (unpaired) electrons. The van der Waals surface area contributed by atoms with Crippen LogP contribution in [0.3, 0.4) is 0 Å². The highest BCUT2D eigenvalue weighted by Gasteiger charge is 2.23. The standard InChI is InChI=1S/C24H29N3O3S2/c1-16-14-27(15-17(2)25-16)20-8-11-23(30-4)22(13-20)26-32(28,29)21-9-6-19(7-10-21)24-12-5-18(3)31-24/h5-13,16-17,25-26H,14-15H2,1-4H3/t16-,17+. The normalized spacial score (nSPS) is 19.1. The molecule has 170 valence electrons. The number of nitrogens with zero attached hydrogens (tertiary/aromatic N) is 1. The fourth-order valence-corrected chi connectivity index (χ4v) is 6.04. The molecule has 0 unspecified atom stereocenters. The second-order valence-corrected chi connectivity index (χ2v) is 11.3. The smallest absolute Gasteiger partial charge is 0.262 e. The van der Waals surface area contributed by atoms with Gasteiger partial charge in [0.05, 0.1) is 17.7 Å². The Morgan fingerprint density at radius 1 is 1.03 bits per heavy atom. The Hall–Kier alpha value is -2.55. The molecule has 3 aromatic rings. The fourth-order valence-electron chi connectivity index (χ4n) is 4.10. The van der Waals surface area contributed by atoms with E-state index >= 15 is 0 Å². The van der Waals surface area contributed by atoms with E-state index in [1.165, 1.54) is 4.88 Å². The van der Waals surface area contributed by atoms with E-state index in [1.807, 2.05) is 30.3 Å². The summed E-state index contributed by atoms with van der Waals surface area (Å²) in [4.78, 5) is 4.82. The van der Waals surface area contributed by atoms with E-state index in [9.17, 15) is 8.42 Å². The summed E-state index contributed by atoms with van der Waals surface area (Å²) in [5.74, 6) is 0.485. The number of hydrogen-bond donors (Lipinski definition) is 2. The number of sulfonamides is 1. The van der Waals surface area contributed by atoms with Crippen LogP contribution in [0.1, 0.15) is 18.7 Å². The van der Waals surface area contributed by atoms with E-state index in [0.717, 1.165) is 29.2 Å². The first-order chi connectivity index (χ1) is 15.2. The molecular formula is C24H29N3O3S2. The monoisotopic (exact) mass is 471 g/mol. The summed E-state index contributed by atoms with van der Waals surface area (Å²) in [5, 5.41) is 3.52. The van der Waals surface area contributed by atoms with Gasteiger partial charge in [-0.25, -0.2) is 8.42 Å². The molecule has 0 aliphatic carbocycles. The molecule has 0 spiro atoms. The second kappa shape index (κ2) is 9.13. The highest BCUT2D eigenvalue weighted by Crippen LogP contribution is 2.33. The number of anilines is 2. The van der Waals surface area contributed by atoms with Crippen LogP contribution >= 0.6 is 11.3 Å². The van der Waals surface area contributed by atoms with Crippen molar-refractivity contribution in [3.05, 3.63) is 59.5 Å². The van der Waals surface area contributed by atoms with Crippen LogP contribution in [0.15, 0.2) is 59.5 Å². The van der Waals surface area contributed by atoms with Gasteiger partial charge < -0.3 is 15.0 Å². The first-order valence-corrected chi connectivity index (χ1v) is 12.9. The van der Waals surface area contributed by atoms with Crippen molar-refractivity contribution in [2.45, 2.75) is 37.8 Å². The predicted octanol–water partition coefficient (Wildman–Crippen LogP) is 4.72. The number of aryl methyl sites for hydroxylation is 1. The third kappa shape index (κ3) is 4.92. The molecule has 0 bridgehead atoms. The van der Waals surface area contributed by atoms with Crippen LogP contribution in [0, 0.1) is 6.92 Å². The average molecular weight is 472 g/mol. The maximum atomic E-state index is 13.1. The summed E-state index contributed by atoms with van der Waals surface area (Å²) in [6.45, 7) is 8.06. The van der Waals surface area contributed by atoms with Crippen molar-refractivity contribution in [1.29, 1.82) is 0 Å². The summed E-state index contributed by atoms with van der Waals surface area (Å²) in [7, 11) is -2.22. The number of methoxy groups -OCH3 is 1. The number of rotatable bonds is 6. The largest absolute Gasteiger partial charge is 0.495 e. The molecule has 32 heavy (non-hydrogen) atoms. The van der Waals surface area contributed by atoms with Crippen LogP contribution in [0.5, 0.6) is 5.75 Å². The summed E-state index contributed by atoms with van der Waals surface area (Å²) in [5.41, 5.74) is 2.40. The first kappa shape index (κ1) is 22.6. The highest BCUT2D eigenvalue weighted by molar-refractivity contribution is 7.92. The number of ether oxygens (including phenoxy) is 1. The van der Waals surface area contributed by atoms with Gasteiger partial charge >= 0.3 is 0 Å². The lowest BCUT2D eigenvalue weighted by Crippen LogP contribution is -2.54. The quantitative estimate of drug-likeness (QED) is 0.544. The van der Waals surface area contributed by atoms with Crippen molar-refractivity contribution in [3.8, 4) is 16.2 Å². The number of nitrogens with one attached hydrogen (secondary N) is 2. The van der Waals surface area contributed by atoms with Crippen LogP contribution in [0.4, 0.5) is 11.4 Å². The van der Waals surface area contributed by atoms with Gasteiger partial charge in [0, 0.05) is 40.6 Å². The SMILES string of the molecule is COc1ccc(N2C[C@@H](C)N[C@@H](C)C2)cc1NS(=O)(=O)c1ccc(-c2ccc(C)s2)cc1. The average Bonchev–Trinajstić information content (AvgIpc) is 3.19. The molecule has 1 aliphatic heterocycles. The van der Waals surface area contributed by atoms with Crippen LogP contribution < -0.4 is 19.7 Å². The van der Waals surface area contributed by atoms with Crippen molar-refractivity contribution < 1.29 is 13.2 Å². The van der Waals surface area contributed by atoms with Gasteiger partial charge in [-0.05, 0) is 68.8 Å². The van der Waals surface area contributed by atoms with E-state index in [2.05, 4.69) is 47.8 Å². The number of thiophene rings is 1. The molecule has 4 rings (SSSR count). The van der Waals surface area contributed by atoms with Crippen molar-refractivity contribution in [2.75, 3.05) is 29.8 Å². The Bertz CT molecular complexity index is 1180. The minimum atomic E-state index is -3.77. The molecule has 1 aliphatic rings. The summed E-state index contributed by atoms with van der Waals surface area (Å²) < 4.78 is 34.4. The fraction of sp³-hybridized carbons (Fsp3) is 0.333. The van der Waals surface area contributed by atoms with E-state index in [1.54, 1.807) is 30.6 Å². The molecule has 1 fully saturated rings. The third-order valence-corrected chi connectivity index (χ3v) is 7.97. The van der Waals surface area contributed by atoms with Crippen LogP contribution in [0.25, 0.3) is 10.4 Å². The van der Waals surface area contributed by atoms with E-state index < -0.39 is 10.0 Å². The lowest BCUT2D eigenvalue weighted by atomic mass is 10.1. The number of piperazine rings is 1. The highest BCUT2D eigenvalue weighted by atomic mass is 32.2. The van der Waals surface area contributed by atoms with Crippen molar-refractivity contribution in [2.24, 2.45) is 0 Å². The zero-order valence-electron chi connectivity index (χ0n) is 18.8. The number of benzene rings is 2. The van der Waals surface area contributed by atoms with Gasteiger partial charge in [-0.2, -0.15) is 0 Å². The van der Waals surface area contributed by atoms with Crippen LogP contribution in [-0.4, -0.2) is 40.7 Å². The topological polar surface area (TPSA) is 70.7 Å². The molecule has 0 saturated carbocycles. The van der Waals surface area contributed by atoms with Crippen molar-refractivity contribution >= 4 is 32.7 Å². The zero-order chi connectivity index (χ0) is 22.9. The molecule has 2 aromatic carbocycles. The van der Waals surface area contributed by atoms with Gasteiger partial charge in [0.25, 0.3) is 10.0 Å². The molecule has 6 nitrogen and oxygen atoms in total. The predicted molar refractivity (Wildman–Crippen MR) is 133 cm³/mol. The van der Waals surface area contributed by atoms with Crippen LogP contribution in [-0.2, 0) is 10.0 Å². The summed E-state index contributed by atoms with van der Waals surface area (Å²) in [6.07, 6.45) is 0. The number of hydrogen-bond acceptors (Lipinski definition) is 6. The Morgan fingerprint density at radius 3 is 2.31 bits per heavy atom. The Balaban J connectivity index is 1.59. The van der Waals surface area contributed by atoms with Crippen molar-refractivity contribution in [1.82, 2.24) is 5.32 Å². The van der Waals surface area contributed by atoms with Crippen molar-refractivity contribution in [3.63, 3.8) is 0 Å². The summed E-state index contributed by atoms with van der Waals surface area (Å²) in [6, 6.07) is 17.4. The molecular weight excluding hydrogens is 442 g/mol. The zero-order valence-corrected chi connectivity index (χ0v) is 20.4. The van der Waals surface area contributed by atoms with Gasteiger partial charge in [-0.1, -0.05) is 12.1 Å². The lowest BCUT2D eigenvalue weighted by Gasteiger charge is -2.38. The molecule has 1 aromatic heterocycles. The van der Waals surface area contributed by atoms with E-state index in [4.69, 9.17) is 4.74 Å². The van der Waals surface area contributed by atoms with E-state index in [-0.39, 0.29) is 4.90 Å². The van der Waals surface area contributed by atoms with Gasteiger partial charge in [0.1, 0.15) is 5.75 Å². The first-order valence-electron chi connectivity index (χ1n) is 10.6. The Morgan fingerprint density at radius 2 is 1.72 bits per heavy atom. The lowest BCUT2D eigenvalue weighted by molar-refractivity contribution is 0.406. The minimum absolute atomic E-state index is 0.214. The summed E-state index contributed by atoms with van der Waals surface area (Å²) >= 11 is 1.69. The van der Waals surface area contributed by atoms with Gasteiger partial charge in [-0.15, -0.1) is 11.3 Å². The second-order valence-electron chi connectivity index (χ2n) is 8.30. The third-order valence-electron chi connectivity index (χ3n) is 5.54. The van der Waals surface area contributed by atoms with E-state index in [0.29, 0.717) is 23.5 Å². The maximum Gasteiger partial charge on any atom is 0.262 e. The molecule has 0 amide bonds. The minimum Gasteiger partial charge on any atom is -0.495 e. The molecule has 8 heteroatoms. The van der Waals surface area contributed by atoms with Gasteiger partial charge in [-0.3, -0.25) is 4.72 Å². The molecule has 2 heterocycles. The molecule has 2 N–H and O–H groups in total. The van der Waals surface area contributed by atoms with Crippen LogP contribution in [0.2, 0.25) is 0 Å². The molecule has 2 atom stereocenters. The van der Waals surface area contributed by atoms with Gasteiger partial charge in [0.2, 0.25) is 0 Å². The molecule has 1 saturated heterocycles.